The molecular formula is C16H19N3O5S. The number of methoxy groups -OCH3 is 2. The average molecular weight is 365 g/mol. The molecule has 0 atom stereocenters. The van der Waals surface area contributed by atoms with Crippen LogP contribution in [0.4, 0.5) is 5.69 Å². The van der Waals surface area contributed by atoms with Crippen LogP contribution in [-0.2, 0) is 14.8 Å². The molecule has 134 valence electrons. The Bertz CT molecular complexity index is 840. The van der Waals surface area contributed by atoms with Crippen LogP contribution in [0.2, 0.25) is 0 Å². The summed E-state index contributed by atoms with van der Waals surface area (Å²) < 4.78 is 37.4. The maximum atomic E-state index is 13.0. The summed E-state index contributed by atoms with van der Waals surface area (Å²) in [7, 11) is -1.14. The fraction of sp³-hybridized carbons (Fsp3) is 0.188. The largest absolute Gasteiger partial charge is 0.497 e. The molecule has 0 bridgehead atoms. The number of ether oxygens (including phenoxy) is 2. The van der Waals surface area contributed by atoms with Gasteiger partial charge in [-0.1, -0.05) is 18.2 Å². The molecule has 3 N–H and O–H groups in total. The van der Waals surface area contributed by atoms with Crippen LogP contribution in [0.15, 0.2) is 53.4 Å². The van der Waals surface area contributed by atoms with Gasteiger partial charge in [0.25, 0.3) is 15.9 Å². The first-order valence-corrected chi connectivity index (χ1v) is 8.67. The summed E-state index contributed by atoms with van der Waals surface area (Å²) in [6.07, 6.45) is 0. The topological polar surface area (TPSA) is 111 Å². The summed E-state index contributed by atoms with van der Waals surface area (Å²) in [6.45, 7) is -0.504. The second-order valence-corrected chi connectivity index (χ2v) is 6.79. The van der Waals surface area contributed by atoms with Crippen molar-refractivity contribution in [1.29, 1.82) is 0 Å². The van der Waals surface area contributed by atoms with Gasteiger partial charge >= 0.3 is 0 Å². The zero-order chi connectivity index (χ0) is 18.4. The van der Waals surface area contributed by atoms with Gasteiger partial charge in [0.2, 0.25) is 0 Å². The van der Waals surface area contributed by atoms with Gasteiger partial charge in [0.1, 0.15) is 18.0 Å². The third-order valence-corrected chi connectivity index (χ3v) is 5.21. The Morgan fingerprint density at radius 2 is 1.80 bits per heavy atom. The summed E-state index contributed by atoms with van der Waals surface area (Å²) in [5.41, 5.74) is 2.13. The lowest BCUT2D eigenvalue weighted by Gasteiger charge is -2.25. The first kappa shape index (κ1) is 18.6. The third-order valence-electron chi connectivity index (χ3n) is 3.43. The number of carbonyl (C=O) groups excluding carboxylic acids is 1. The van der Waals surface area contributed by atoms with E-state index in [-0.39, 0.29) is 16.3 Å². The van der Waals surface area contributed by atoms with Crippen molar-refractivity contribution >= 4 is 21.6 Å². The Morgan fingerprint density at radius 3 is 2.36 bits per heavy atom. The zero-order valence-electron chi connectivity index (χ0n) is 13.8. The monoisotopic (exact) mass is 365 g/mol. The van der Waals surface area contributed by atoms with Gasteiger partial charge < -0.3 is 9.47 Å². The molecule has 2 aromatic carbocycles. The van der Waals surface area contributed by atoms with Gasteiger partial charge in [-0.25, -0.2) is 14.3 Å². The summed E-state index contributed by atoms with van der Waals surface area (Å²) in [5.74, 6) is 5.18. The van der Waals surface area contributed by atoms with Crippen LogP contribution in [0.25, 0.3) is 0 Å². The lowest BCUT2D eigenvalue weighted by Crippen LogP contribution is -2.43. The summed E-state index contributed by atoms with van der Waals surface area (Å²) in [5, 5.41) is 0. The van der Waals surface area contributed by atoms with Crippen LogP contribution < -0.4 is 25.0 Å². The van der Waals surface area contributed by atoms with Gasteiger partial charge in [0.05, 0.1) is 24.8 Å². The van der Waals surface area contributed by atoms with E-state index in [1.54, 1.807) is 24.3 Å². The van der Waals surface area contributed by atoms with Crippen molar-refractivity contribution in [3.05, 3.63) is 48.5 Å². The molecule has 0 spiro atoms. The number of nitrogens with one attached hydrogen (secondary N) is 1. The molecule has 8 nitrogen and oxygen atoms in total. The number of sulfonamides is 1. The van der Waals surface area contributed by atoms with E-state index in [2.05, 4.69) is 0 Å². The minimum atomic E-state index is -4.02. The highest BCUT2D eigenvalue weighted by atomic mass is 32.2. The predicted molar refractivity (Wildman–Crippen MR) is 92.8 cm³/mol. The maximum Gasteiger partial charge on any atom is 0.264 e. The van der Waals surface area contributed by atoms with Crippen molar-refractivity contribution in [3.63, 3.8) is 0 Å². The highest BCUT2D eigenvalue weighted by Gasteiger charge is 2.29. The van der Waals surface area contributed by atoms with Crippen LogP contribution in [0.1, 0.15) is 0 Å². The molecule has 0 aliphatic rings. The van der Waals surface area contributed by atoms with Gasteiger partial charge in [-0.15, -0.1) is 0 Å². The molecular weight excluding hydrogens is 346 g/mol. The summed E-state index contributed by atoms with van der Waals surface area (Å²) in [6, 6.07) is 12.4. The fourth-order valence-electron chi connectivity index (χ4n) is 2.19. The standard InChI is InChI=1S/C16H19N3O5S/c1-23-12-8-9-14(15(10-12)24-2)19(11-16(20)18-17)25(21,22)13-6-4-3-5-7-13/h3-10H,11,17H2,1-2H3,(H,18,20). The predicted octanol–water partition coefficient (Wildman–Crippen LogP) is 0.889. The van der Waals surface area contributed by atoms with E-state index < -0.39 is 22.5 Å². The smallest absolute Gasteiger partial charge is 0.264 e. The first-order valence-electron chi connectivity index (χ1n) is 7.23. The number of nitrogens with two attached hydrogens (primary N) is 1. The minimum Gasteiger partial charge on any atom is -0.497 e. The van der Waals surface area contributed by atoms with E-state index in [4.69, 9.17) is 15.3 Å². The van der Waals surface area contributed by atoms with E-state index in [1.807, 2.05) is 5.43 Å². The van der Waals surface area contributed by atoms with Crippen LogP contribution in [0, 0.1) is 0 Å². The van der Waals surface area contributed by atoms with E-state index in [9.17, 15) is 13.2 Å². The Morgan fingerprint density at radius 1 is 1.12 bits per heavy atom. The van der Waals surface area contributed by atoms with Crippen molar-refractivity contribution < 1.29 is 22.7 Å². The summed E-state index contributed by atoms with van der Waals surface area (Å²) >= 11 is 0. The zero-order valence-corrected chi connectivity index (χ0v) is 14.6. The molecule has 0 aliphatic heterocycles. The average Bonchev–Trinajstić information content (AvgIpc) is 2.65. The Kier molecular flexibility index (Phi) is 5.84. The van der Waals surface area contributed by atoms with Crippen LogP contribution in [0.5, 0.6) is 11.5 Å². The van der Waals surface area contributed by atoms with Gasteiger partial charge in [-0.3, -0.25) is 14.5 Å². The third kappa shape index (κ3) is 4.01. The van der Waals surface area contributed by atoms with Crippen LogP contribution in [-0.4, -0.2) is 35.1 Å². The van der Waals surface area contributed by atoms with Crippen LogP contribution in [0.3, 0.4) is 0 Å². The lowest BCUT2D eigenvalue weighted by molar-refractivity contribution is -0.119. The van der Waals surface area contributed by atoms with Gasteiger partial charge in [-0.2, -0.15) is 0 Å². The van der Waals surface area contributed by atoms with E-state index in [0.717, 1.165) is 4.31 Å². The van der Waals surface area contributed by atoms with E-state index in [0.29, 0.717) is 5.75 Å². The fourth-order valence-corrected chi connectivity index (χ4v) is 3.64. The number of hydrazine groups is 1. The van der Waals surface area contributed by atoms with Gasteiger partial charge in [0, 0.05) is 6.07 Å². The SMILES string of the molecule is COc1ccc(N(CC(=O)NN)S(=O)(=O)c2ccccc2)c(OC)c1. The van der Waals surface area contributed by atoms with Crippen molar-refractivity contribution in [2.75, 3.05) is 25.1 Å². The second kappa shape index (κ2) is 7.86. The number of carbonyl (C=O) groups is 1. The van der Waals surface area contributed by atoms with Crippen molar-refractivity contribution in [1.82, 2.24) is 5.43 Å². The molecule has 0 fully saturated rings. The Labute approximate surface area is 146 Å². The summed E-state index contributed by atoms with van der Waals surface area (Å²) in [4.78, 5) is 11.8. The quantitative estimate of drug-likeness (QED) is 0.428. The Hall–Kier alpha value is -2.78. The highest BCUT2D eigenvalue weighted by molar-refractivity contribution is 7.92. The van der Waals surface area contributed by atoms with E-state index >= 15 is 0 Å². The van der Waals surface area contributed by atoms with Crippen molar-refractivity contribution in [2.24, 2.45) is 5.84 Å². The van der Waals surface area contributed by atoms with Gasteiger partial charge in [-0.05, 0) is 24.3 Å². The number of amides is 1. The number of hydrogen-bond donors (Lipinski definition) is 2. The molecule has 25 heavy (non-hydrogen) atoms. The molecule has 0 saturated carbocycles. The molecule has 0 heterocycles. The molecule has 2 aromatic rings. The maximum absolute atomic E-state index is 13.0. The molecule has 2 rings (SSSR count). The number of anilines is 1. The molecule has 0 unspecified atom stereocenters. The number of benzene rings is 2. The Balaban J connectivity index is 2.60. The second-order valence-electron chi connectivity index (χ2n) is 4.93. The molecule has 0 aliphatic carbocycles. The number of hydrogen-bond acceptors (Lipinski definition) is 6. The molecule has 0 radical (unpaired) electrons. The first-order chi connectivity index (χ1) is 11.9. The van der Waals surface area contributed by atoms with Gasteiger partial charge in [0.15, 0.2) is 0 Å². The molecule has 0 aromatic heterocycles. The van der Waals surface area contributed by atoms with Crippen LogP contribution >= 0.6 is 0 Å². The lowest BCUT2D eigenvalue weighted by atomic mass is 10.2. The molecule has 0 saturated heterocycles. The van der Waals surface area contributed by atoms with Crippen molar-refractivity contribution in [2.45, 2.75) is 4.90 Å². The van der Waals surface area contributed by atoms with Crippen molar-refractivity contribution in [3.8, 4) is 11.5 Å². The normalized spacial score (nSPS) is 10.8. The number of rotatable bonds is 7. The highest BCUT2D eigenvalue weighted by Crippen LogP contribution is 2.35. The minimum absolute atomic E-state index is 0.0395. The van der Waals surface area contributed by atoms with E-state index in [1.165, 1.54) is 38.5 Å². The molecule has 1 amide bonds. The number of nitrogens with zero attached hydrogens (tertiary/aromatic N) is 1. The molecule has 9 heteroatoms.